The Balaban J connectivity index is 1.90. The van der Waals surface area contributed by atoms with Crippen molar-refractivity contribution in [1.29, 1.82) is 0 Å². The first-order valence-corrected chi connectivity index (χ1v) is 11.7. The van der Waals surface area contributed by atoms with E-state index >= 15 is 0 Å². The average Bonchev–Trinajstić information content (AvgIpc) is 2.78. The summed E-state index contributed by atoms with van der Waals surface area (Å²) in [7, 11) is 2.89. The molecular formula is C23H27N3O5S. The van der Waals surface area contributed by atoms with Gasteiger partial charge in [-0.3, -0.25) is 9.59 Å². The van der Waals surface area contributed by atoms with E-state index < -0.39 is 5.92 Å². The number of carbonyl (C=O) groups is 1. The number of carbonyl (C=O) groups excluding carboxylic acids is 1. The van der Waals surface area contributed by atoms with Crippen LogP contribution in [0.15, 0.2) is 33.4 Å². The summed E-state index contributed by atoms with van der Waals surface area (Å²) in [5.41, 5.74) is 2.08. The Hall–Kier alpha value is -2.94. The Labute approximate surface area is 190 Å². The summed E-state index contributed by atoms with van der Waals surface area (Å²) in [4.78, 5) is 33.8. The SMILES string of the molecule is CCCCSc1nc2c(c(=O)[nH]1)C(c1cc(OC)c(O)c(OC)c1)C1=C(CCCC1=O)N2. The molecule has 1 aliphatic carbocycles. The molecule has 1 unspecified atom stereocenters. The third kappa shape index (κ3) is 3.97. The summed E-state index contributed by atoms with van der Waals surface area (Å²) in [5.74, 6) is 0.982. The first kappa shape index (κ1) is 22.3. The minimum absolute atomic E-state index is 0.00112. The number of phenolic OH excluding ortho intramolecular Hbond substituents is 1. The zero-order chi connectivity index (χ0) is 22.8. The molecule has 8 nitrogen and oxygen atoms in total. The van der Waals surface area contributed by atoms with E-state index in [4.69, 9.17) is 9.47 Å². The van der Waals surface area contributed by atoms with Gasteiger partial charge >= 0.3 is 0 Å². The molecule has 4 rings (SSSR count). The van der Waals surface area contributed by atoms with Crippen molar-refractivity contribution in [1.82, 2.24) is 9.97 Å². The van der Waals surface area contributed by atoms with Gasteiger partial charge in [0.1, 0.15) is 5.82 Å². The van der Waals surface area contributed by atoms with Crippen molar-refractivity contribution in [3.63, 3.8) is 0 Å². The minimum atomic E-state index is -0.636. The molecule has 2 aromatic rings. The van der Waals surface area contributed by atoms with Crippen LogP contribution in [0.4, 0.5) is 5.82 Å². The molecule has 32 heavy (non-hydrogen) atoms. The molecule has 1 aromatic heterocycles. The van der Waals surface area contributed by atoms with Crippen LogP contribution in [-0.4, -0.2) is 40.8 Å². The maximum Gasteiger partial charge on any atom is 0.257 e. The lowest BCUT2D eigenvalue weighted by atomic mass is 9.76. The summed E-state index contributed by atoms with van der Waals surface area (Å²) in [6.07, 6.45) is 3.96. The van der Waals surface area contributed by atoms with Gasteiger partial charge in [-0.2, -0.15) is 0 Å². The monoisotopic (exact) mass is 457 g/mol. The van der Waals surface area contributed by atoms with E-state index in [1.165, 1.54) is 26.0 Å². The number of phenols is 1. The number of H-pyrrole nitrogens is 1. The lowest BCUT2D eigenvalue weighted by molar-refractivity contribution is -0.116. The van der Waals surface area contributed by atoms with Crippen molar-refractivity contribution in [2.24, 2.45) is 0 Å². The second-order valence-corrected chi connectivity index (χ2v) is 8.92. The molecule has 2 heterocycles. The molecule has 0 radical (unpaired) electrons. The van der Waals surface area contributed by atoms with Gasteiger partial charge in [-0.1, -0.05) is 25.1 Å². The van der Waals surface area contributed by atoms with Gasteiger partial charge in [0.2, 0.25) is 5.75 Å². The number of benzene rings is 1. The van der Waals surface area contributed by atoms with Gasteiger partial charge in [0.25, 0.3) is 5.56 Å². The van der Waals surface area contributed by atoms with Crippen LogP contribution in [0.5, 0.6) is 17.2 Å². The lowest BCUT2D eigenvalue weighted by Gasteiger charge is -2.33. The first-order valence-electron chi connectivity index (χ1n) is 10.7. The number of methoxy groups -OCH3 is 2. The Morgan fingerprint density at radius 1 is 1.19 bits per heavy atom. The van der Waals surface area contributed by atoms with Crippen molar-refractivity contribution in [2.75, 3.05) is 25.3 Å². The number of fused-ring (bicyclic) bond motifs is 1. The second kappa shape index (κ2) is 9.28. The summed E-state index contributed by atoms with van der Waals surface area (Å²) >= 11 is 1.51. The number of hydrogen-bond donors (Lipinski definition) is 3. The van der Waals surface area contributed by atoms with Crippen LogP contribution in [0.1, 0.15) is 56.1 Å². The van der Waals surface area contributed by atoms with Gasteiger partial charge in [-0.05, 0) is 37.0 Å². The molecule has 170 valence electrons. The number of thioether (sulfide) groups is 1. The molecule has 2 aliphatic rings. The number of unbranched alkanes of at least 4 members (excludes halogenated alkanes) is 1. The zero-order valence-electron chi connectivity index (χ0n) is 18.4. The highest BCUT2D eigenvalue weighted by Crippen LogP contribution is 2.47. The molecule has 1 aromatic carbocycles. The number of allylic oxidation sites excluding steroid dienone is 2. The predicted molar refractivity (Wildman–Crippen MR) is 123 cm³/mol. The van der Waals surface area contributed by atoms with Gasteiger partial charge in [0.15, 0.2) is 22.4 Å². The van der Waals surface area contributed by atoms with Crippen LogP contribution >= 0.6 is 11.8 Å². The van der Waals surface area contributed by atoms with Crippen molar-refractivity contribution in [3.8, 4) is 17.2 Å². The van der Waals surface area contributed by atoms with Crippen molar-refractivity contribution in [3.05, 3.63) is 44.9 Å². The van der Waals surface area contributed by atoms with E-state index in [0.717, 1.165) is 30.7 Å². The fourth-order valence-electron chi connectivity index (χ4n) is 4.24. The lowest BCUT2D eigenvalue weighted by Crippen LogP contribution is -2.32. The van der Waals surface area contributed by atoms with E-state index in [9.17, 15) is 14.7 Å². The number of anilines is 1. The maximum absolute atomic E-state index is 13.3. The highest BCUT2D eigenvalue weighted by molar-refractivity contribution is 7.99. The normalized spacial score (nSPS) is 17.5. The molecule has 0 amide bonds. The average molecular weight is 458 g/mol. The van der Waals surface area contributed by atoms with Crippen molar-refractivity contribution in [2.45, 2.75) is 50.1 Å². The number of ketones is 1. The third-order valence-corrected chi connectivity index (χ3v) is 6.77. The van der Waals surface area contributed by atoms with Gasteiger partial charge in [0.05, 0.1) is 19.8 Å². The molecule has 0 saturated heterocycles. The molecule has 9 heteroatoms. The third-order valence-electron chi connectivity index (χ3n) is 5.81. The van der Waals surface area contributed by atoms with E-state index in [2.05, 4.69) is 22.2 Å². The molecular weight excluding hydrogens is 430 g/mol. The van der Waals surface area contributed by atoms with Crippen LogP contribution in [0.25, 0.3) is 0 Å². The van der Waals surface area contributed by atoms with Gasteiger partial charge < -0.3 is 24.9 Å². The number of rotatable bonds is 7. The highest BCUT2D eigenvalue weighted by atomic mass is 32.2. The van der Waals surface area contributed by atoms with E-state index in [1.54, 1.807) is 12.1 Å². The van der Waals surface area contributed by atoms with Gasteiger partial charge in [-0.15, -0.1) is 0 Å². The number of ether oxygens (including phenoxy) is 2. The summed E-state index contributed by atoms with van der Waals surface area (Å²) in [6.45, 7) is 2.12. The standard InChI is InChI=1S/C23H27N3O5S/c1-4-5-9-32-23-25-21-19(22(29)26-23)17(18-13(24-21)7-6-8-14(18)27)12-10-15(30-2)20(28)16(11-12)31-3/h10-11,17,28H,4-9H2,1-3H3,(H2,24,25,26,29). The highest BCUT2D eigenvalue weighted by Gasteiger charge is 2.38. The summed E-state index contributed by atoms with van der Waals surface area (Å²) in [6, 6.07) is 3.29. The summed E-state index contributed by atoms with van der Waals surface area (Å²) in [5, 5.41) is 14.2. The Morgan fingerprint density at radius 2 is 1.91 bits per heavy atom. The van der Waals surface area contributed by atoms with Crippen LogP contribution < -0.4 is 20.3 Å². The fraction of sp³-hybridized carbons (Fsp3) is 0.435. The molecule has 0 spiro atoms. The smallest absolute Gasteiger partial charge is 0.257 e. The van der Waals surface area contributed by atoms with Crippen LogP contribution in [0.3, 0.4) is 0 Å². The molecule has 0 fully saturated rings. The number of hydrogen-bond acceptors (Lipinski definition) is 8. The second-order valence-electron chi connectivity index (χ2n) is 7.84. The van der Waals surface area contributed by atoms with E-state index in [1.807, 2.05) is 0 Å². The van der Waals surface area contributed by atoms with Crippen LogP contribution in [-0.2, 0) is 4.79 Å². The van der Waals surface area contributed by atoms with E-state index in [0.29, 0.717) is 40.5 Å². The molecule has 3 N–H and O–H groups in total. The van der Waals surface area contributed by atoms with Gasteiger partial charge in [-0.25, -0.2) is 4.98 Å². The van der Waals surface area contributed by atoms with Crippen molar-refractivity contribution >= 4 is 23.4 Å². The molecule has 0 bridgehead atoms. The first-order chi connectivity index (χ1) is 15.5. The maximum atomic E-state index is 13.3. The quantitative estimate of drug-likeness (QED) is 0.325. The van der Waals surface area contributed by atoms with Gasteiger partial charge in [0, 0.05) is 29.4 Å². The van der Waals surface area contributed by atoms with E-state index in [-0.39, 0.29) is 28.6 Å². The number of nitrogens with one attached hydrogen (secondary N) is 2. The zero-order valence-corrected chi connectivity index (χ0v) is 19.2. The number of aromatic nitrogens is 2. The Bertz CT molecular complexity index is 1120. The van der Waals surface area contributed by atoms with Crippen LogP contribution in [0, 0.1) is 0 Å². The summed E-state index contributed by atoms with van der Waals surface area (Å²) < 4.78 is 10.6. The Morgan fingerprint density at radius 3 is 2.56 bits per heavy atom. The number of aromatic hydroxyl groups is 1. The molecule has 1 aliphatic heterocycles. The Kier molecular flexibility index (Phi) is 6.45. The molecule has 1 atom stereocenters. The number of Topliss-reactive ketones (excluding diaryl/α,β-unsaturated/α-hetero) is 1. The number of aromatic amines is 1. The predicted octanol–water partition coefficient (Wildman–Crippen LogP) is 3.95. The van der Waals surface area contributed by atoms with Crippen LogP contribution in [0.2, 0.25) is 0 Å². The number of nitrogens with zero attached hydrogens (tertiary/aromatic N) is 1. The minimum Gasteiger partial charge on any atom is -0.502 e. The largest absolute Gasteiger partial charge is 0.502 e. The topological polar surface area (TPSA) is 114 Å². The fourth-order valence-corrected chi connectivity index (χ4v) is 5.18. The molecule has 0 saturated carbocycles. The van der Waals surface area contributed by atoms with Crippen molar-refractivity contribution < 1.29 is 19.4 Å².